The third-order valence-electron chi connectivity index (χ3n) is 6.18. The van der Waals surface area contributed by atoms with Crippen molar-refractivity contribution in [1.29, 1.82) is 0 Å². The molecule has 1 saturated heterocycles. The summed E-state index contributed by atoms with van der Waals surface area (Å²) in [4.78, 5) is 4.86. The Morgan fingerprint density at radius 1 is 1.08 bits per heavy atom. The number of likely N-dealkylation sites (N-methyl/N-ethyl adjacent to an activating group) is 2. The summed E-state index contributed by atoms with van der Waals surface area (Å²) in [5.41, 5.74) is 10.3. The first-order valence-electron chi connectivity index (χ1n) is 9.33. The smallest absolute Gasteiger partial charge is 0.0414 e. The van der Waals surface area contributed by atoms with E-state index in [4.69, 9.17) is 0 Å². The maximum absolute atomic E-state index is 4.16. The van der Waals surface area contributed by atoms with E-state index in [0.29, 0.717) is 12.0 Å². The number of hydrogen-bond donors (Lipinski definition) is 0. The van der Waals surface area contributed by atoms with E-state index in [1.807, 2.05) is 0 Å². The Balaban J connectivity index is 2.22. The molecule has 1 aliphatic heterocycles. The summed E-state index contributed by atoms with van der Waals surface area (Å²) in [5.74, 6) is 0.590. The first kappa shape index (κ1) is 19.1. The molecule has 24 heavy (non-hydrogen) atoms. The highest BCUT2D eigenvalue weighted by Crippen LogP contribution is 2.32. The molecular formula is C22H36N2. The normalized spacial score (nSPS) is 18.3. The Hall–Kier alpha value is -1.28. The van der Waals surface area contributed by atoms with Gasteiger partial charge in [0.05, 0.1) is 0 Å². The summed E-state index contributed by atoms with van der Waals surface area (Å²) in [6.07, 6.45) is 2.39. The van der Waals surface area contributed by atoms with Crippen LogP contribution in [-0.4, -0.2) is 36.5 Å². The van der Waals surface area contributed by atoms with E-state index in [-0.39, 0.29) is 0 Å². The van der Waals surface area contributed by atoms with E-state index in [0.717, 1.165) is 19.5 Å². The van der Waals surface area contributed by atoms with Crippen LogP contribution < -0.4 is 0 Å². The van der Waals surface area contributed by atoms with Gasteiger partial charge in [-0.25, -0.2) is 0 Å². The summed E-state index contributed by atoms with van der Waals surface area (Å²) in [6.45, 7) is 20.1. The minimum atomic E-state index is 0.590. The van der Waals surface area contributed by atoms with Gasteiger partial charge in [-0.05, 0) is 86.9 Å². The third kappa shape index (κ3) is 3.54. The fourth-order valence-electron chi connectivity index (χ4n) is 4.39. The number of nitrogens with zero attached hydrogens (tertiary/aromatic N) is 2. The molecule has 1 atom stereocenters. The molecule has 0 aliphatic carbocycles. The van der Waals surface area contributed by atoms with Crippen LogP contribution in [0.25, 0.3) is 0 Å². The number of likely N-dealkylation sites (tertiary alicyclic amines) is 1. The Morgan fingerprint density at radius 2 is 1.62 bits per heavy atom. The summed E-state index contributed by atoms with van der Waals surface area (Å²) < 4.78 is 0. The van der Waals surface area contributed by atoms with Crippen LogP contribution in [0.4, 0.5) is 0 Å². The lowest BCUT2D eigenvalue weighted by molar-refractivity contribution is 0.230. The van der Waals surface area contributed by atoms with E-state index in [2.05, 4.69) is 72.0 Å². The Morgan fingerprint density at radius 3 is 2.04 bits per heavy atom. The van der Waals surface area contributed by atoms with Crippen LogP contribution in [0.15, 0.2) is 12.3 Å². The van der Waals surface area contributed by atoms with Crippen molar-refractivity contribution in [2.24, 2.45) is 0 Å². The van der Waals surface area contributed by atoms with Gasteiger partial charge in [0.2, 0.25) is 0 Å². The fourth-order valence-corrected chi connectivity index (χ4v) is 4.39. The molecule has 0 N–H and O–H groups in total. The van der Waals surface area contributed by atoms with Gasteiger partial charge in [0.15, 0.2) is 0 Å². The second-order valence-corrected chi connectivity index (χ2v) is 8.11. The van der Waals surface area contributed by atoms with Crippen LogP contribution >= 0.6 is 0 Å². The highest BCUT2D eigenvalue weighted by Gasteiger charge is 2.25. The molecule has 1 aromatic carbocycles. The quantitative estimate of drug-likeness (QED) is 0.743. The molecule has 2 heteroatoms. The molecule has 0 radical (unpaired) electrons. The topological polar surface area (TPSA) is 6.48 Å². The molecule has 1 fully saturated rings. The molecule has 0 amide bonds. The zero-order chi connectivity index (χ0) is 18.2. The summed E-state index contributed by atoms with van der Waals surface area (Å²) >= 11 is 0. The standard InChI is InChI=1S/C22H36N2/c1-14(2)22-18(6)16(4)21(17(5)19(22)7)13-23(8)12-20-11-10-15(3)24(20)9/h14,20H,3,10-13H2,1-2,4-9H3/t20-/m1/s1. The lowest BCUT2D eigenvalue weighted by Gasteiger charge is -2.29. The molecular weight excluding hydrogens is 292 g/mol. The van der Waals surface area contributed by atoms with Gasteiger partial charge in [-0.1, -0.05) is 20.4 Å². The molecule has 0 saturated carbocycles. The van der Waals surface area contributed by atoms with Gasteiger partial charge >= 0.3 is 0 Å². The van der Waals surface area contributed by atoms with Gasteiger partial charge in [-0.3, -0.25) is 0 Å². The Labute approximate surface area is 149 Å². The van der Waals surface area contributed by atoms with Crippen LogP contribution in [0.1, 0.15) is 66.0 Å². The van der Waals surface area contributed by atoms with Gasteiger partial charge in [0, 0.05) is 31.9 Å². The summed E-state index contributed by atoms with van der Waals surface area (Å²) in [6, 6.07) is 0.611. The molecule has 1 aliphatic rings. The highest BCUT2D eigenvalue weighted by atomic mass is 15.2. The van der Waals surface area contributed by atoms with E-state index in [9.17, 15) is 0 Å². The molecule has 0 bridgehead atoms. The number of rotatable bonds is 5. The monoisotopic (exact) mass is 328 g/mol. The van der Waals surface area contributed by atoms with Crippen molar-refractivity contribution in [2.45, 2.75) is 72.9 Å². The SMILES string of the molecule is C=C1CC[C@H](CN(C)Cc2c(C)c(C)c(C(C)C)c(C)c2C)N1C. The van der Waals surface area contributed by atoms with E-state index < -0.39 is 0 Å². The summed E-state index contributed by atoms with van der Waals surface area (Å²) in [7, 11) is 4.45. The Bertz CT molecular complexity index is 598. The van der Waals surface area contributed by atoms with Crippen LogP contribution in [0.3, 0.4) is 0 Å². The van der Waals surface area contributed by atoms with Crippen molar-refractivity contribution in [1.82, 2.24) is 9.80 Å². The maximum atomic E-state index is 4.16. The summed E-state index contributed by atoms with van der Waals surface area (Å²) in [5, 5.41) is 0. The molecule has 2 rings (SSSR count). The van der Waals surface area contributed by atoms with Gasteiger partial charge in [-0.15, -0.1) is 0 Å². The van der Waals surface area contributed by atoms with Gasteiger partial charge < -0.3 is 9.80 Å². The molecule has 1 heterocycles. The van der Waals surface area contributed by atoms with Gasteiger partial charge in [-0.2, -0.15) is 0 Å². The van der Waals surface area contributed by atoms with Crippen LogP contribution in [0.2, 0.25) is 0 Å². The van der Waals surface area contributed by atoms with Gasteiger partial charge in [0.25, 0.3) is 0 Å². The van der Waals surface area contributed by atoms with E-state index in [1.54, 1.807) is 5.56 Å². The van der Waals surface area contributed by atoms with Crippen molar-refractivity contribution in [2.75, 3.05) is 20.6 Å². The minimum absolute atomic E-state index is 0.590. The molecule has 0 unspecified atom stereocenters. The fraction of sp³-hybridized carbons (Fsp3) is 0.636. The maximum Gasteiger partial charge on any atom is 0.0414 e. The lowest BCUT2D eigenvalue weighted by Crippen LogP contribution is -2.36. The predicted molar refractivity (Wildman–Crippen MR) is 106 cm³/mol. The first-order chi connectivity index (χ1) is 11.1. The zero-order valence-electron chi connectivity index (χ0n) is 17.1. The lowest BCUT2D eigenvalue weighted by atomic mass is 9.84. The number of hydrogen-bond acceptors (Lipinski definition) is 2. The molecule has 134 valence electrons. The first-order valence-corrected chi connectivity index (χ1v) is 9.33. The second kappa shape index (κ2) is 7.31. The molecule has 1 aromatic rings. The molecule has 0 aromatic heterocycles. The zero-order valence-corrected chi connectivity index (χ0v) is 17.1. The Kier molecular flexibility index (Phi) is 5.80. The average Bonchev–Trinajstić information content (AvgIpc) is 2.81. The highest BCUT2D eigenvalue weighted by molar-refractivity contribution is 5.51. The predicted octanol–water partition coefficient (Wildman–Crippen LogP) is 5.08. The largest absolute Gasteiger partial charge is 0.374 e. The third-order valence-corrected chi connectivity index (χ3v) is 6.18. The van der Waals surface area contributed by atoms with Crippen molar-refractivity contribution in [3.05, 3.63) is 45.7 Å². The average molecular weight is 329 g/mol. The van der Waals surface area contributed by atoms with Crippen LogP contribution in [0, 0.1) is 27.7 Å². The molecule has 0 spiro atoms. The van der Waals surface area contributed by atoms with Crippen molar-refractivity contribution in [3.8, 4) is 0 Å². The molecule has 2 nitrogen and oxygen atoms in total. The van der Waals surface area contributed by atoms with Gasteiger partial charge in [0.1, 0.15) is 0 Å². The van der Waals surface area contributed by atoms with Crippen LogP contribution in [-0.2, 0) is 6.54 Å². The minimum Gasteiger partial charge on any atom is -0.374 e. The number of allylic oxidation sites excluding steroid dienone is 1. The van der Waals surface area contributed by atoms with Crippen molar-refractivity contribution < 1.29 is 0 Å². The van der Waals surface area contributed by atoms with E-state index in [1.165, 1.54) is 39.9 Å². The van der Waals surface area contributed by atoms with Crippen molar-refractivity contribution >= 4 is 0 Å². The second-order valence-electron chi connectivity index (χ2n) is 8.11. The van der Waals surface area contributed by atoms with E-state index >= 15 is 0 Å². The van der Waals surface area contributed by atoms with Crippen molar-refractivity contribution in [3.63, 3.8) is 0 Å². The van der Waals surface area contributed by atoms with Crippen LogP contribution in [0.5, 0.6) is 0 Å². The number of benzene rings is 1.